The van der Waals surface area contributed by atoms with Crippen molar-refractivity contribution >= 4 is 28.2 Å². The highest BCUT2D eigenvalue weighted by molar-refractivity contribution is 7.16. The lowest BCUT2D eigenvalue weighted by molar-refractivity contribution is -0.132. The number of carbonyl (C=O) groups excluding carboxylic acids is 2. The zero-order valence-corrected chi connectivity index (χ0v) is 14.7. The Morgan fingerprint density at radius 3 is 2.54 bits per heavy atom. The van der Waals surface area contributed by atoms with Crippen LogP contribution >= 0.6 is 11.3 Å². The summed E-state index contributed by atoms with van der Waals surface area (Å²) in [6, 6.07) is 2.23. The van der Waals surface area contributed by atoms with Crippen molar-refractivity contribution in [3.05, 3.63) is 16.0 Å². The largest absolute Gasteiger partial charge is 0.343 e. The summed E-state index contributed by atoms with van der Waals surface area (Å²) >= 11 is 1.52. The minimum Gasteiger partial charge on any atom is -0.343 e. The predicted octanol–water partition coefficient (Wildman–Crippen LogP) is 3.23. The van der Waals surface area contributed by atoms with E-state index in [0.29, 0.717) is 10.6 Å². The van der Waals surface area contributed by atoms with Crippen LogP contribution in [0.5, 0.6) is 0 Å². The lowest BCUT2D eigenvalue weighted by atomic mass is 10.1. The van der Waals surface area contributed by atoms with Gasteiger partial charge in [-0.1, -0.05) is 12.8 Å². The number of thiophene rings is 1. The predicted molar refractivity (Wildman–Crippen MR) is 94.0 cm³/mol. The number of aryl methyl sites for hydroxylation is 1. The molecule has 2 amide bonds. The highest BCUT2D eigenvalue weighted by Crippen LogP contribution is 2.38. The molecule has 0 bridgehead atoms. The van der Waals surface area contributed by atoms with Gasteiger partial charge in [-0.05, 0) is 37.7 Å². The summed E-state index contributed by atoms with van der Waals surface area (Å²) in [5.41, 5.74) is 1.73. The van der Waals surface area contributed by atoms with E-state index in [9.17, 15) is 14.9 Å². The van der Waals surface area contributed by atoms with Crippen LogP contribution in [0.1, 0.15) is 60.9 Å². The number of nitrogens with one attached hydrogen (secondary N) is 1. The van der Waals surface area contributed by atoms with E-state index in [1.54, 1.807) is 0 Å². The van der Waals surface area contributed by atoms with Crippen LogP contribution in [-0.2, 0) is 22.4 Å². The maximum absolute atomic E-state index is 12.2. The number of hydrogen-bond donors (Lipinski definition) is 1. The average Bonchev–Trinajstić information content (AvgIpc) is 3.02. The van der Waals surface area contributed by atoms with Gasteiger partial charge in [0.25, 0.3) is 0 Å². The molecule has 1 aliphatic carbocycles. The average molecular weight is 345 g/mol. The molecule has 0 radical (unpaired) electrons. The monoisotopic (exact) mass is 345 g/mol. The molecule has 24 heavy (non-hydrogen) atoms. The third kappa shape index (κ3) is 3.78. The molecule has 3 rings (SSSR count). The summed E-state index contributed by atoms with van der Waals surface area (Å²) in [4.78, 5) is 27.5. The first-order valence-electron chi connectivity index (χ1n) is 8.81. The molecule has 0 unspecified atom stereocenters. The van der Waals surface area contributed by atoms with Gasteiger partial charge >= 0.3 is 0 Å². The number of nitrogens with zero attached hydrogens (tertiary/aromatic N) is 2. The SMILES string of the molecule is N#Cc1c(NC(=O)CCC(=O)N2CCCCCC2)sc2c1CCC2. The Morgan fingerprint density at radius 2 is 1.83 bits per heavy atom. The van der Waals surface area contributed by atoms with Crippen molar-refractivity contribution in [2.24, 2.45) is 0 Å². The second kappa shape index (κ2) is 7.80. The molecule has 1 fully saturated rings. The minimum absolute atomic E-state index is 0.0706. The highest BCUT2D eigenvalue weighted by Gasteiger charge is 2.23. The van der Waals surface area contributed by atoms with Gasteiger partial charge < -0.3 is 10.2 Å². The van der Waals surface area contributed by atoms with Crippen molar-refractivity contribution in [2.45, 2.75) is 57.8 Å². The van der Waals surface area contributed by atoms with Crippen molar-refractivity contribution in [1.82, 2.24) is 4.90 Å². The molecule has 0 saturated carbocycles. The van der Waals surface area contributed by atoms with Crippen LogP contribution in [0.15, 0.2) is 0 Å². The number of carbonyl (C=O) groups is 2. The Kier molecular flexibility index (Phi) is 5.52. The molecule has 1 N–H and O–H groups in total. The van der Waals surface area contributed by atoms with Gasteiger partial charge in [0.05, 0.1) is 5.56 Å². The van der Waals surface area contributed by atoms with E-state index in [1.165, 1.54) is 29.1 Å². The van der Waals surface area contributed by atoms with Crippen LogP contribution in [-0.4, -0.2) is 29.8 Å². The summed E-state index contributed by atoms with van der Waals surface area (Å²) in [6.07, 6.45) is 7.94. The van der Waals surface area contributed by atoms with Crippen LogP contribution in [0.4, 0.5) is 5.00 Å². The summed E-state index contributed by atoms with van der Waals surface area (Å²) in [5, 5.41) is 12.9. The molecule has 1 aromatic rings. The summed E-state index contributed by atoms with van der Waals surface area (Å²) in [7, 11) is 0. The number of anilines is 1. The zero-order valence-electron chi connectivity index (χ0n) is 13.9. The van der Waals surface area contributed by atoms with Crippen molar-refractivity contribution < 1.29 is 9.59 Å². The number of amides is 2. The maximum atomic E-state index is 12.2. The minimum atomic E-state index is -0.172. The molecule has 0 atom stereocenters. The van der Waals surface area contributed by atoms with Crippen molar-refractivity contribution in [3.63, 3.8) is 0 Å². The Hall–Kier alpha value is -1.87. The van der Waals surface area contributed by atoms with E-state index in [-0.39, 0.29) is 24.7 Å². The summed E-state index contributed by atoms with van der Waals surface area (Å²) in [6.45, 7) is 1.63. The molecular weight excluding hydrogens is 322 g/mol. The second-order valence-corrected chi connectivity index (χ2v) is 7.62. The fraction of sp³-hybridized carbons (Fsp3) is 0.611. The lowest BCUT2D eigenvalue weighted by Crippen LogP contribution is -2.32. The van der Waals surface area contributed by atoms with Gasteiger partial charge in [-0.3, -0.25) is 9.59 Å². The van der Waals surface area contributed by atoms with Gasteiger partial charge in [-0.2, -0.15) is 5.26 Å². The molecule has 0 spiro atoms. The van der Waals surface area contributed by atoms with Crippen molar-refractivity contribution in [3.8, 4) is 6.07 Å². The third-order valence-electron chi connectivity index (χ3n) is 4.81. The summed E-state index contributed by atoms with van der Waals surface area (Å²) in [5.74, 6) is -0.101. The molecular formula is C18H23N3O2S. The summed E-state index contributed by atoms with van der Waals surface area (Å²) < 4.78 is 0. The number of rotatable bonds is 4. The van der Waals surface area contributed by atoms with Gasteiger partial charge in [0.1, 0.15) is 11.1 Å². The Morgan fingerprint density at radius 1 is 1.08 bits per heavy atom. The quantitative estimate of drug-likeness (QED) is 0.910. The maximum Gasteiger partial charge on any atom is 0.225 e. The molecule has 6 heteroatoms. The molecule has 1 aliphatic heterocycles. The van der Waals surface area contributed by atoms with Crippen LogP contribution in [0.25, 0.3) is 0 Å². The second-order valence-electron chi connectivity index (χ2n) is 6.52. The number of nitriles is 1. The number of hydrogen-bond acceptors (Lipinski definition) is 4. The normalized spacial score (nSPS) is 17.0. The third-order valence-corrected chi connectivity index (χ3v) is 6.02. The Bertz CT molecular complexity index is 667. The topological polar surface area (TPSA) is 73.2 Å². The standard InChI is InChI=1S/C18H23N3O2S/c19-12-14-13-6-5-7-15(13)24-18(14)20-16(22)8-9-17(23)21-10-3-1-2-4-11-21/h1-11H2,(H,20,22). The van der Waals surface area contributed by atoms with E-state index < -0.39 is 0 Å². The van der Waals surface area contributed by atoms with Crippen LogP contribution < -0.4 is 5.32 Å². The van der Waals surface area contributed by atoms with Gasteiger partial charge in [-0.25, -0.2) is 0 Å². The van der Waals surface area contributed by atoms with Gasteiger partial charge in [-0.15, -0.1) is 11.3 Å². The number of likely N-dealkylation sites (tertiary alicyclic amines) is 1. The van der Waals surface area contributed by atoms with Crippen LogP contribution in [0.3, 0.4) is 0 Å². The zero-order chi connectivity index (χ0) is 16.9. The van der Waals surface area contributed by atoms with Crippen molar-refractivity contribution in [1.29, 1.82) is 5.26 Å². The van der Waals surface area contributed by atoms with Gasteiger partial charge in [0, 0.05) is 30.8 Å². The van der Waals surface area contributed by atoms with Crippen LogP contribution in [0.2, 0.25) is 0 Å². The first-order valence-corrected chi connectivity index (χ1v) is 9.63. The molecule has 5 nitrogen and oxygen atoms in total. The highest BCUT2D eigenvalue weighted by atomic mass is 32.1. The first kappa shape index (κ1) is 17.0. The molecule has 1 aromatic heterocycles. The molecule has 2 aliphatic rings. The van der Waals surface area contributed by atoms with E-state index >= 15 is 0 Å². The van der Waals surface area contributed by atoms with Crippen molar-refractivity contribution in [2.75, 3.05) is 18.4 Å². The molecule has 128 valence electrons. The first-order chi connectivity index (χ1) is 11.7. The van der Waals surface area contributed by atoms with Gasteiger partial charge in [0.2, 0.25) is 11.8 Å². The van der Waals surface area contributed by atoms with E-state index in [4.69, 9.17) is 0 Å². The smallest absolute Gasteiger partial charge is 0.225 e. The molecule has 2 heterocycles. The molecule has 0 aromatic carbocycles. The fourth-order valence-corrected chi connectivity index (χ4v) is 4.75. The Labute approximate surface area is 146 Å². The van der Waals surface area contributed by atoms with E-state index in [2.05, 4.69) is 11.4 Å². The van der Waals surface area contributed by atoms with Crippen LogP contribution in [0, 0.1) is 11.3 Å². The van der Waals surface area contributed by atoms with E-state index in [0.717, 1.165) is 50.8 Å². The lowest BCUT2D eigenvalue weighted by Gasteiger charge is -2.20. The molecule has 1 saturated heterocycles. The fourth-order valence-electron chi connectivity index (χ4n) is 3.50. The van der Waals surface area contributed by atoms with Gasteiger partial charge in [0.15, 0.2) is 0 Å². The van der Waals surface area contributed by atoms with E-state index in [1.807, 2.05) is 4.90 Å². The Balaban J connectivity index is 1.53. The number of fused-ring (bicyclic) bond motifs is 1.